The van der Waals surface area contributed by atoms with Gasteiger partial charge in [0.15, 0.2) is 19.9 Å². The van der Waals surface area contributed by atoms with Crippen molar-refractivity contribution in [2.45, 2.75) is 101 Å². The van der Waals surface area contributed by atoms with Crippen LogP contribution in [0, 0.1) is 26.1 Å². The van der Waals surface area contributed by atoms with E-state index < -0.39 is 15.8 Å². The Kier molecular flexibility index (Phi) is 27.6. The fourth-order valence-corrected chi connectivity index (χ4v) is 8.53. The molecule has 0 radical (unpaired) electrons. The maximum absolute atomic E-state index is 11.9. The maximum atomic E-state index is 11.9. The number of nitro groups is 2. The Morgan fingerprint density at radius 2 is 0.904 bits per heavy atom. The van der Waals surface area contributed by atoms with E-state index in [1.165, 1.54) is 61.2 Å². The number of benzene rings is 4. The van der Waals surface area contributed by atoms with E-state index in [9.17, 15) is 19.2 Å². The summed E-state index contributed by atoms with van der Waals surface area (Å²) < 4.78 is 0. The van der Waals surface area contributed by atoms with Crippen LogP contribution < -0.4 is 0 Å². The first kappa shape index (κ1) is 63.5. The molecule has 0 aliphatic heterocycles. The molecule has 1 atom stereocenters. The molecule has 13 heteroatoms. The van der Waals surface area contributed by atoms with E-state index in [4.69, 9.17) is 25.3 Å². The van der Waals surface area contributed by atoms with E-state index in [1.807, 2.05) is 122 Å². The molecule has 0 heterocycles. The van der Waals surface area contributed by atoms with Crippen molar-refractivity contribution in [2.24, 2.45) is 5.92 Å². The highest BCUT2D eigenvalue weighted by Gasteiger charge is 2.27. The molecule has 0 aromatic heterocycles. The normalized spacial score (nSPS) is 14.8. The van der Waals surface area contributed by atoms with Crippen LogP contribution >= 0.6 is 0 Å². The number of ketones is 1. The van der Waals surface area contributed by atoms with Crippen molar-refractivity contribution in [3.8, 4) is 0 Å². The quantitative estimate of drug-likeness (QED) is 0.145. The smallest absolute Gasteiger partial charge is 0.307 e. The SMILES string of the molecule is C/C=C1/C(C)=C(CC(=O)N(C)C)c2ccccc21.C/C=C1/C(C)=C(CC(=O)N(C)C)c2ccccc21.CC.CC.CC1=C(CC(=O)O)c2ccccc2C1.CC1Cc2ccccc2C1=O.C[N+](=O)[O-].C[N+](=O)[O-]. The number of hydrogen-bond acceptors (Lipinski definition) is 8. The van der Waals surface area contributed by atoms with Crippen LogP contribution in [0.15, 0.2) is 126 Å². The average molecular weight is 999 g/mol. The second-order valence-electron chi connectivity index (χ2n) is 17.3. The summed E-state index contributed by atoms with van der Waals surface area (Å²) in [6, 6.07) is 32.5. The van der Waals surface area contributed by atoms with E-state index in [2.05, 4.69) is 56.3 Å². The molecule has 4 aromatic carbocycles. The summed E-state index contributed by atoms with van der Waals surface area (Å²) in [6.07, 6.45) is 7.18. The van der Waals surface area contributed by atoms with E-state index >= 15 is 0 Å². The minimum atomic E-state index is -0.754. The Morgan fingerprint density at radius 3 is 1.25 bits per heavy atom. The molecule has 1 N–H and O–H groups in total. The fraction of sp³-hybridized carbons (Fsp3) is 0.367. The van der Waals surface area contributed by atoms with Gasteiger partial charge in [-0.25, -0.2) is 0 Å². The van der Waals surface area contributed by atoms with Gasteiger partial charge in [-0.3, -0.25) is 39.4 Å². The Hall–Kier alpha value is -7.54. The van der Waals surface area contributed by atoms with Crippen molar-refractivity contribution in [3.63, 3.8) is 0 Å². The number of carbonyl (C=O) groups is 4. The number of aliphatic carboxylic acids is 1. The number of amides is 2. The number of carboxylic acid groups (broad SMARTS) is 1. The standard InChI is InChI=1S/2C16H19NO.C12H12O2.C10H10O.2C2H6.2CH3NO2/c2*1-5-12-11(2)15(10-16(18)17(3)4)14-9-7-6-8-13(12)14;1-8-6-9-4-2-3-5-10(9)11(8)7-12(13)14;1-7-6-8-4-2-3-5-9(8)10(7)11;2*1-2;2*1-2(3)4/h2*5-9H,10H2,1-4H3;2-5H,6-7H2,1H3,(H,13,14);2-5,7H,6H2,1H3;2*1-2H3;2*1H3/b2*12-5-;;;;;;. The lowest BCUT2D eigenvalue weighted by molar-refractivity contribution is -0.445. The molecule has 4 aromatic rings. The van der Waals surface area contributed by atoms with Gasteiger partial charge in [-0.15, -0.1) is 0 Å². The van der Waals surface area contributed by atoms with Crippen molar-refractivity contribution < 1.29 is 34.1 Å². The van der Waals surface area contributed by atoms with Crippen molar-refractivity contribution in [3.05, 3.63) is 191 Å². The van der Waals surface area contributed by atoms with Gasteiger partial charge < -0.3 is 14.9 Å². The first-order valence-electron chi connectivity index (χ1n) is 24.6. The summed E-state index contributed by atoms with van der Waals surface area (Å²) in [5.41, 5.74) is 18.9. The van der Waals surface area contributed by atoms with Gasteiger partial charge in [0.05, 0.1) is 19.3 Å². The highest BCUT2D eigenvalue weighted by molar-refractivity contribution is 6.05. The van der Waals surface area contributed by atoms with Crippen molar-refractivity contribution in [1.82, 2.24) is 9.80 Å². The molecule has 0 saturated carbocycles. The molecule has 4 aliphatic carbocycles. The predicted molar refractivity (Wildman–Crippen MR) is 299 cm³/mol. The second kappa shape index (κ2) is 31.7. The summed E-state index contributed by atoms with van der Waals surface area (Å²) in [7, 11) is 8.98. The number of carboxylic acids is 1. The molecule has 2 amide bonds. The van der Waals surface area contributed by atoms with Crippen LogP contribution in [0.25, 0.3) is 27.9 Å². The molecule has 0 spiro atoms. The van der Waals surface area contributed by atoms with Gasteiger partial charge in [0.25, 0.3) is 0 Å². The van der Waals surface area contributed by atoms with Gasteiger partial charge in [0.2, 0.25) is 11.8 Å². The third-order valence-corrected chi connectivity index (χ3v) is 11.9. The zero-order chi connectivity index (χ0) is 55.7. The number of Topliss-reactive ketones (excluding diaryl/α,β-unsaturated/α-hetero) is 1. The minimum Gasteiger partial charge on any atom is -0.481 e. The molecule has 0 saturated heterocycles. The van der Waals surface area contributed by atoms with E-state index in [1.54, 1.807) is 38.0 Å². The maximum Gasteiger partial charge on any atom is 0.307 e. The van der Waals surface area contributed by atoms with Gasteiger partial charge in [0.1, 0.15) is 0 Å². The lowest BCUT2D eigenvalue weighted by atomic mass is 10.0. The van der Waals surface area contributed by atoms with Crippen molar-refractivity contribution in [1.29, 1.82) is 0 Å². The third-order valence-electron chi connectivity index (χ3n) is 11.9. The zero-order valence-electron chi connectivity index (χ0n) is 46.0. The number of fused-ring (bicyclic) bond motifs is 4. The average Bonchev–Trinajstić information content (AvgIpc) is 4.02. The van der Waals surface area contributed by atoms with E-state index in [0.717, 1.165) is 54.8 Å². The molecular formula is C60H78N4O9. The van der Waals surface area contributed by atoms with Crippen LogP contribution in [-0.4, -0.2) is 90.6 Å². The van der Waals surface area contributed by atoms with Gasteiger partial charge in [-0.2, -0.15) is 0 Å². The van der Waals surface area contributed by atoms with E-state index in [0.29, 0.717) is 18.6 Å². The summed E-state index contributed by atoms with van der Waals surface area (Å²) in [4.78, 5) is 65.8. The molecule has 0 bridgehead atoms. The summed E-state index contributed by atoms with van der Waals surface area (Å²) in [5.74, 6) is 0.0528. The van der Waals surface area contributed by atoms with Gasteiger partial charge in [-0.1, -0.05) is 149 Å². The Morgan fingerprint density at radius 1 is 0.575 bits per heavy atom. The molecule has 392 valence electrons. The molecule has 0 fully saturated rings. The van der Waals surface area contributed by atoms with Crippen LogP contribution in [0.2, 0.25) is 0 Å². The first-order chi connectivity index (χ1) is 34.5. The lowest BCUT2D eigenvalue weighted by Gasteiger charge is -2.12. The number of allylic oxidation sites excluding steroid dienone is 7. The van der Waals surface area contributed by atoms with E-state index in [-0.39, 0.29) is 24.2 Å². The van der Waals surface area contributed by atoms with Crippen LogP contribution in [0.3, 0.4) is 0 Å². The summed E-state index contributed by atoms with van der Waals surface area (Å²) in [6.45, 7) is 20.3. The first-order valence-corrected chi connectivity index (χ1v) is 24.6. The van der Waals surface area contributed by atoms with Crippen molar-refractivity contribution >= 4 is 51.4 Å². The number of nitrogens with zero attached hydrogens (tertiary/aromatic N) is 4. The van der Waals surface area contributed by atoms with Gasteiger partial charge >= 0.3 is 5.97 Å². The summed E-state index contributed by atoms with van der Waals surface area (Å²) >= 11 is 0. The molecular weight excluding hydrogens is 921 g/mol. The second-order valence-corrected chi connectivity index (χ2v) is 17.3. The number of rotatable bonds is 6. The largest absolute Gasteiger partial charge is 0.481 e. The van der Waals surface area contributed by atoms with Crippen LogP contribution in [0.1, 0.15) is 138 Å². The molecule has 4 aliphatic rings. The number of carbonyl (C=O) groups excluding carboxylic acids is 3. The molecule has 1 unspecified atom stereocenters. The predicted octanol–water partition coefficient (Wildman–Crippen LogP) is 13.1. The molecule has 13 nitrogen and oxygen atoms in total. The Balaban J connectivity index is 0.000000458. The van der Waals surface area contributed by atoms with Gasteiger partial charge in [0, 0.05) is 49.5 Å². The van der Waals surface area contributed by atoms with Gasteiger partial charge in [-0.05, 0) is 125 Å². The monoisotopic (exact) mass is 999 g/mol. The topological polar surface area (TPSA) is 181 Å². The van der Waals surface area contributed by atoms with Crippen LogP contribution in [0.4, 0.5) is 0 Å². The highest BCUT2D eigenvalue weighted by Crippen LogP contribution is 2.44. The summed E-state index contributed by atoms with van der Waals surface area (Å²) in [5, 5.41) is 26.4. The number of hydrogen-bond donors (Lipinski definition) is 1. The van der Waals surface area contributed by atoms with Crippen LogP contribution in [-0.2, 0) is 27.2 Å². The Bertz CT molecular complexity index is 2620. The molecule has 73 heavy (non-hydrogen) atoms. The fourth-order valence-electron chi connectivity index (χ4n) is 8.53. The highest BCUT2D eigenvalue weighted by atomic mass is 16.6. The minimum absolute atomic E-state index is 0.142. The zero-order valence-corrected chi connectivity index (χ0v) is 46.0. The third kappa shape index (κ3) is 18.5. The molecule has 8 rings (SSSR count). The van der Waals surface area contributed by atoms with Crippen LogP contribution in [0.5, 0.6) is 0 Å². The van der Waals surface area contributed by atoms with Crippen molar-refractivity contribution in [2.75, 3.05) is 42.3 Å². The lowest BCUT2D eigenvalue weighted by Crippen LogP contribution is -2.21. The Labute approximate surface area is 434 Å².